The van der Waals surface area contributed by atoms with Crippen molar-refractivity contribution in [2.45, 2.75) is 45.1 Å². The van der Waals surface area contributed by atoms with E-state index in [1.165, 1.54) is 25.7 Å². The third-order valence-electron chi connectivity index (χ3n) is 2.62. The highest BCUT2D eigenvalue weighted by Crippen LogP contribution is 2.33. The molecule has 2 nitrogen and oxygen atoms in total. The Kier molecular flexibility index (Phi) is 4.62. The van der Waals surface area contributed by atoms with E-state index in [-0.39, 0.29) is 0 Å². The minimum atomic E-state index is 0.754. The van der Waals surface area contributed by atoms with Gasteiger partial charge in [-0.15, -0.1) is 0 Å². The second kappa shape index (κ2) is 5.55. The van der Waals surface area contributed by atoms with Crippen LogP contribution in [-0.4, -0.2) is 19.1 Å². The van der Waals surface area contributed by atoms with E-state index >= 15 is 0 Å². The SMILES string of the molecule is CCC(CC1CC1)NCCCN. The molecule has 2 heteroatoms. The fourth-order valence-corrected chi connectivity index (χ4v) is 1.56. The smallest absolute Gasteiger partial charge is 0.00670 e. The Morgan fingerprint density at radius 3 is 2.75 bits per heavy atom. The first-order valence-corrected chi connectivity index (χ1v) is 5.30. The highest BCUT2D eigenvalue weighted by atomic mass is 14.9. The molecule has 1 fully saturated rings. The number of hydrogen-bond donors (Lipinski definition) is 2. The van der Waals surface area contributed by atoms with Crippen LogP contribution < -0.4 is 11.1 Å². The molecule has 0 bridgehead atoms. The lowest BCUT2D eigenvalue weighted by Crippen LogP contribution is -2.30. The van der Waals surface area contributed by atoms with Crippen molar-refractivity contribution in [3.8, 4) is 0 Å². The normalized spacial score (nSPS) is 19.5. The van der Waals surface area contributed by atoms with Gasteiger partial charge in [0.25, 0.3) is 0 Å². The molecule has 1 aliphatic carbocycles. The van der Waals surface area contributed by atoms with E-state index < -0.39 is 0 Å². The minimum Gasteiger partial charge on any atom is -0.330 e. The van der Waals surface area contributed by atoms with Gasteiger partial charge in [-0.3, -0.25) is 0 Å². The summed E-state index contributed by atoms with van der Waals surface area (Å²) < 4.78 is 0. The third-order valence-corrected chi connectivity index (χ3v) is 2.62. The van der Waals surface area contributed by atoms with Gasteiger partial charge in [0.05, 0.1) is 0 Å². The van der Waals surface area contributed by atoms with Gasteiger partial charge in [0, 0.05) is 6.04 Å². The molecule has 0 heterocycles. The number of nitrogens with one attached hydrogen (secondary N) is 1. The summed E-state index contributed by atoms with van der Waals surface area (Å²) in [6, 6.07) is 0.754. The Balaban J connectivity index is 1.98. The molecule has 0 saturated heterocycles. The zero-order chi connectivity index (χ0) is 8.81. The van der Waals surface area contributed by atoms with Crippen molar-refractivity contribution in [2.75, 3.05) is 13.1 Å². The van der Waals surface area contributed by atoms with Gasteiger partial charge in [-0.25, -0.2) is 0 Å². The first kappa shape index (κ1) is 10.0. The van der Waals surface area contributed by atoms with Gasteiger partial charge >= 0.3 is 0 Å². The summed E-state index contributed by atoms with van der Waals surface area (Å²) >= 11 is 0. The molecule has 1 saturated carbocycles. The molecule has 0 spiro atoms. The maximum atomic E-state index is 5.43. The fourth-order valence-electron chi connectivity index (χ4n) is 1.56. The van der Waals surface area contributed by atoms with Crippen molar-refractivity contribution < 1.29 is 0 Å². The Morgan fingerprint density at radius 1 is 1.50 bits per heavy atom. The topological polar surface area (TPSA) is 38.0 Å². The summed E-state index contributed by atoms with van der Waals surface area (Å²) in [6.45, 7) is 4.18. The van der Waals surface area contributed by atoms with Gasteiger partial charge in [-0.05, 0) is 38.3 Å². The summed E-state index contributed by atoms with van der Waals surface area (Å²) in [4.78, 5) is 0. The average Bonchev–Trinajstić information content (AvgIpc) is 2.87. The van der Waals surface area contributed by atoms with E-state index in [0.717, 1.165) is 31.5 Å². The molecular formula is C10H22N2. The van der Waals surface area contributed by atoms with E-state index in [2.05, 4.69) is 12.2 Å². The maximum Gasteiger partial charge on any atom is 0.00670 e. The van der Waals surface area contributed by atoms with E-state index in [0.29, 0.717) is 0 Å². The van der Waals surface area contributed by atoms with Gasteiger partial charge in [0.2, 0.25) is 0 Å². The molecule has 0 aromatic rings. The lowest BCUT2D eigenvalue weighted by molar-refractivity contribution is 0.444. The van der Waals surface area contributed by atoms with Crippen LogP contribution in [0.15, 0.2) is 0 Å². The van der Waals surface area contributed by atoms with E-state index in [1.54, 1.807) is 0 Å². The lowest BCUT2D eigenvalue weighted by Gasteiger charge is -2.15. The lowest BCUT2D eigenvalue weighted by atomic mass is 10.1. The molecule has 0 amide bonds. The molecule has 12 heavy (non-hydrogen) atoms. The molecule has 0 aliphatic heterocycles. The summed E-state index contributed by atoms with van der Waals surface area (Å²) in [6.07, 6.45) is 6.70. The summed E-state index contributed by atoms with van der Waals surface area (Å²) in [5.41, 5.74) is 5.43. The van der Waals surface area contributed by atoms with Gasteiger partial charge in [0.1, 0.15) is 0 Å². The zero-order valence-corrected chi connectivity index (χ0v) is 8.18. The van der Waals surface area contributed by atoms with E-state index in [9.17, 15) is 0 Å². The fraction of sp³-hybridized carbons (Fsp3) is 1.00. The predicted molar refractivity (Wildman–Crippen MR) is 53.1 cm³/mol. The largest absolute Gasteiger partial charge is 0.330 e. The van der Waals surface area contributed by atoms with Crippen molar-refractivity contribution in [2.24, 2.45) is 11.7 Å². The molecule has 3 N–H and O–H groups in total. The standard InChI is InChI=1S/C10H22N2/c1-2-10(8-9-4-5-9)12-7-3-6-11/h9-10,12H,2-8,11H2,1H3. The Bertz CT molecular complexity index is 110. The van der Waals surface area contributed by atoms with Crippen LogP contribution >= 0.6 is 0 Å². The molecule has 1 unspecified atom stereocenters. The van der Waals surface area contributed by atoms with E-state index in [4.69, 9.17) is 5.73 Å². The molecular weight excluding hydrogens is 148 g/mol. The van der Waals surface area contributed by atoms with E-state index in [1.807, 2.05) is 0 Å². The highest BCUT2D eigenvalue weighted by Gasteiger charge is 2.24. The monoisotopic (exact) mass is 170 g/mol. The van der Waals surface area contributed by atoms with Crippen molar-refractivity contribution >= 4 is 0 Å². The molecule has 1 rings (SSSR count). The summed E-state index contributed by atoms with van der Waals surface area (Å²) in [7, 11) is 0. The van der Waals surface area contributed by atoms with Crippen molar-refractivity contribution in [3.05, 3.63) is 0 Å². The van der Waals surface area contributed by atoms with Crippen LogP contribution in [0.2, 0.25) is 0 Å². The Morgan fingerprint density at radius 2 is 2.25 bits per heavy atom. The molecule has 0 radical (unpaired) electrons. The Labute approximate surface area is 75.9 Å². The van der Waals surface area contributed by atoms with Crippen LogP contribution in [-0.2, 0) is 0 Å². The van der Waals surface area contributed by atoms with Crippen molar-refractivity contribution in [1.82, 2.24) is 5.32 Å². The second-order valence-corrected chi connectivity index (χ2v) is 3.88. The molecule has 0 aromatic carbocycles. The maximum absolute atomic E-state index is 5.43. The quantitative estimate of drug-likeness (QED) is 0.568. The molecule has 0 aromatic heterocycles. The third kappa shape index (κ3) is 4.07. The predicted octanol–water partition coefficient (Wildman–Crippen LogP) is 1.50. The van der Waals surface area contributed by atoms with Gasteiger partial charge in [-0.2, -0.15) is 0 Å². The Hall–Kier alpha value is -0.0800. The van der Waals surface area contributed by atoms with Crippen LogP contribution in [0.5, 0.6) is 0 Å². The number of nitrogens with two attached hydrogens (primary N) is 1. The van der Waals surface area contributed by atoms with Crippen LogP contribution in [0.3, 0.4) is 0 Å². The second-order valence-electron chi connectivity index (χ2n) is 3.88. The van der Waals surface area contributed by atoms with Crippen molar-refractivity contribution in [1.29, 1.82) is 0 Å². The van der Waals surface area contributed by atoms with Crippen LogP contribution in [0.4, 0.5) is 0 Å². The minimum absolute atomic E-state index is 0.754. The van der Waals surface area contributed by atoms with Crippen LogP contribution in [0.1, 0.15) is 39.0 Å². The molecule has 1 aliphatic rings. The molecule has 72 valence electrons. The number of rotatable bonds is 7. The van der Waals surface area contributed by atoms with Gasteiger partial charge in [0.15, 0.2) is 0 Å². The van der Waals surface area contributed by atoms with Gasteiger partial charge < -0.3 is 11.1 Å². The van der Waals surface area contributed by atoms with Crippen molar-refractivity contribution in [3.63, 3.8) is 0 Å². The summed E-state index contributed by atoms with van der Waals surface area (Å²) in [5.74, 6) is 1.04. The van der Waals surface area contributed by atoms with Gasteiger partial charge in [-0.1, -0.05) is 19.8 Å². The summed E-state index contributed by atoms with van der Waals surface area (Å²) in [5, 5.41) is 3.56. The highest BCUT2D eigenvalue weighted by molar-refractivity contribution is 4.79. The molecule has 1 atom stereocenters. The average molecular weight is 170 g/mol. The first-order chi connectivity index (χ1) is 5.86. The number of hydrogen-bond acceptors (Lipinski definition) is 2. The zero-order valence-electron chi connectivity index (χ0n) is 8.18. The van der Waals surface area contributed by atoms with Crippen LogP contribution in [0.25, 0.3) is 0 Å². The van der Waals surface area contributed by atoms with Crippen LogP contribution in [0, 0.1) is 5.92 Å². The first-order valence-electron chi connectivity index (χ1n) is 5.30.